The first kappa shape index (κ1) is 18.1. The van der Waals surface area contributed by atoms with Crippen LogP contribution in [0.15, 0.2) is 30.9 Å². The molecular weight excluding hydrogens is 398 g/mol. The van der Waals surface area contributed by atoms with E-state index in [9.17, 15) is 8.78 Å². The maximum atomic E-state index is 13.0. The summed E-state index contributed by atoms with van der Waals surface area (Å²) in [5.41, 5.74) is 4.21. The second-order valence-electron chi connectivity index (χ2n) is 7.07. The van der Waals surface area contributed by atoms with Gasteiger partial charge >= 0.3 is 0 Å². The lowest BCUT2D eigenvalue weighted by atomic mass is 10.1. The Morgan fingerprint density at radius 3 is 2.86 bits per heavy atom. The molecule has 0 unspecified atom stereocenters. The Bertz CT molecular complexity index is 1140. The molecule has 1 aliphatic heterocycles. The van der Waals surface area contributed by atoms with Crippen molar-refractivity contribution in [2.24, 2.45) is 0 Å². The Kier molecular flexibility index (Phi) is 4.28. The minimum atomic E-state index is -2.57. The van der Waals surface area contributed by atoms with Gasteiger partial charge in [0.05, 0.1) is 42.6 Å². The number of H-pyrrole nitrogens is 1. The number of halogens is 2. The molecule has 0 atom stereocenters. The van der Waals surface area contributed by atoms with Crippen molar-refractivity contribution in [1.29, 1.82) is 0 Å². The number of alkyl halides is 2. The van der Waals surface area contributed by atoms with Crippen LogP contribution in [0.25, 0.3) is 16.9 Å². The van der Waals surface area contributed by atoms with Crippen LogP contribution in [-0.2, 0) is 13.0 Å². The predicted molar refractivity (Wildman–Crippen MR) is 106 cm³/mol. The lowest BCUT2D eigenvalue weighted by Gasteiger charge is -2.38. The molecule has 5 rings (SSSR count). The van der Waals surface area contributed by atoms with Gasteiger partial charge in [0.2, 0.25) is 0 Å². The third kappa shape index (κ3) is 3.47. The number of nitrogens with one attached hydrogen (secondary N) is 2. The average molecular weight is 416 g/mol. The van der Waals surface area contributed by atoms with Gasteiger partial charge in [0.15, 0.2) is 11.5 Å². The Morgan fingerprint density at radius 2 is 2.14 bits per heavy atom. The zero-order chi connectivity index (χ0) is 20.0. The van der Waals surface area contributed by atoms with Gasteiger partial charge in [0.25, 0.3) is 5.92 Å². The molecule has 2 N–H and O–H groups in total. The largest absolute Gasteiger partial charge is 0.328 e. The van der Waals surface area contributed by atoms with Crippen LogP contribution in [0, 0.1) is 0 Å². The lowest BCUT2D eigenvalue weighted by molar-refractivity contribution is -0.134. The van der Waals surface area contributed by atoms with Crippen LogP contribution in [-0.4, -0.2) is 52.9 Å². The number of anilines is 2. The van der Waals surface area contributed by atoms with Crippen molar-refractivity contribution in [2.45, 2.75) is 25.8 Å². The number of aromatic nitrogens is 6. The van der Waals surface area contributed by atoms with Crippen LogP contribution in [0.3, 0.4) is 0 Å². The van der Waals surface area contributed by atoms with Gasteiger partial charge in [-0.2, -0.15) is 9.47 Å². The summed E-state index contributed by atoms with van der Waals surface area (Å²) in [6.45, 7) is 2.04. The SMILES string of the molecule is CCc1cn2c(-c3cn[nH]c3)cnc2c(Nc2cc(CN3CC(F)(F)C3)ns2)n1. The molecule has 0 spiro atoms. The van der Waals surface area contributed by atoms with Crippen LogP contribution < -0.4 is 5.32 Å². The van der Waals surface area contributed by atoms with E-state index < -0.39 is 5.92 Å². The van der Waals surface area contributed by atoms with Crippen molar-refractivity contribution in [3.8, 4) is 11.3 Å². The molecule has 29 heavy (non-hydrogen) atoms. The van der Waals surface area contributed by atoms with Gasteiger partial charge in [-0.15, -0.1) is 0 Å². The molecule has 4 aromatic heterocycles. The normalized spacial score (nSPS) is 16.2. The molecule has 8 nitrogen and oxygen atoms in total. The second kappa shape index (κ2) is 6.85. The summed E-state index contributed by atoms with van der Waals surface area (Å²) >= 11 is 1.28. The van der Waals surface area contributed by atoms with Gasteiger partial charge in [-0.25, -0.2) is 18.7 Å². The zero-order valence-corrected chi connectivity index (χ0v) is 16.4. The van der Waals surface area contributed by atoms with E-state index in [0.717, 1.165) is 34.1 Å². The van der Waals surface area contributed by atoms with E-state index in [2.05, 4.69) is 29.9 Å². The van der Waals surface area contributed by atoms with E-state index in [-0.39, 0.29) is 13.1 Å². The van der Waals surface area contributed by atoms with Crippen LogP contribution in [0.1, 0.15) is 18.3 Å². The topological polar surface area (TPSA) is 87.0 Å². The number of rotatable bonds is 6. The molecular formula is C18H18F2N8S. The highest BCUT2D eigenvalue weighted by Crippen LogP contribution is 2.30. The fraction of sp³-hybridized carbons (Fsp3) is 0.333. The predicted octanol–water partition coefficient (Wildman–Crippen LogP) is 3.33. The van der Waals surface area contributed by atoms with Crippen LogP contribution in [0.2, 0.25) is 0 Å². The zero-order valence-electron chi connectivity index (χ0n) is 15.6. The molecule has 1 saturated heterocycles. The number of imidazole rings is 1. The Morgan fingerprint density at radius 1 is 1.28 bits per heavy atom. The smallest absolute Gasteiger partial charge is 0.272 e. The quantitative estimate of drug-likeness (QED) is 0.501. The monoisotopic (exact) mass is 416 g/mol. The van der Waals surface area contributed by atoms with Gasteiger partial charge < -0.3 is 5.32 Å². The molecule has 4 aromatic rings. The third-order valence-corrected chi connectivity index (χ3v) is 5.54. The molecule has 1 fully saturated rings. The van der Waals surface area contributed by atoms with Gasteiger partial charge in [0.1, 0.15) is 5.00 Å². The van der Waals surface area contributed by atoms with Gasteiger partial charge in [0, 0.05) is 24.5 Å². The first-order chi connectivity index (χ1) is 14.0. The van der Waals surface area contributed by atoms with Gasteiger partial charge in [-0.3, -0.25) is 14.4 Å². The summed E-state index contributed by atoms with van der Waals surface area (Å²) in [5, 5.41) is 10.9. The van der Waals surface area contributed by atoms with E-state index in [1.54, 1.807) is 17.3 Å². The molecule has 1 aliphatic rings. The third-order valence-electron chi connectivity index (χ3n) is 4.79. The maximum absolute atomic E-state index is 13.0. The minimum absolute atomic E-state index is 0.209. The molecule has 5 heterocycles. The molecule has 0 radical (unpaired) electrons. The number of likely N-dealkylation sites (tertiary alicyclic amines) is 1. The van der Waals surface area contributed by atoms with Gasteiger partial charge in [-0.1, -0.05) is 6.92 Å². The number of aryl methyl sites for hydroxylation is 1. The number of hydrogen-bond acceptors (Lipinski definition) is 7. The summed E-state index contributed by atoms with van der Waals surface area (Å²) in [6.07, 6.45) is 8.09. The first-order valence-corrected chi connectivity index (χ1v) is 9.97. The molecule has 0 saturated carbocycles. The summed E-state index contributed by atoms with van der Waals surface area (Å²) in [6, 6.07) is 1.87. The Hall–Kier alpha value is -2.92. The molecule has 0 bridgehead atoms. The summed E-state index contributed by atoms with van der Waals surface area (Å²) in [4.78, 5) is 10.9. The fourth-order valence-corrected chi connectivity index (χ4v) is 4.06. The molecule has 150 valence electrons. The van der Waals surface area contributed by atoms with Crippen molar-refractivity contribution < 1.29 is 8.78 Å². The lowest BCUT2D eigenvalue weighted by Crippen LogP contribution is -2.55. The first-order valence-electron chi connectivity index (χ1n) is 9.20. The van der Waals surface area contributed by atoms with E-state index >= 15 is 0 Å². The Balaban J connectivity index is 1.42. The van der Waals surface area contributed by atoms with E-state index in [1.165, 1.54) is 11.5 Å². The van der Waals surface area contributed by atoms with Crippen LogP contribution >= 0.6 is 11.5 Å². The van der Waals surface area contributed by atoms with Gasteiger partial charge in [-0.05, 0) is 24.0 Å². The summed E-state index contributed by atoms with van der Waals surface area (Å²) in [7, 11) is 0. The molecule has 0 aliphatic carbocycles. The van der Waals surface area contributed by atoms with Crippen molar-refractivity contribution >= 4 is 28.0 Å². The summed E-state index contributed by atoms with van der Waals surface area (Å²) in [5.74, 6) is -1.94. The molecule has 11 heteroatoms. The average Bonchev–Trinajstić information content (AvgIpc) is 3.40. The van der Waals surface area contributed by atoms with Crippen LogP contribution in [0.4, 0.5) is 19.6 Å². The minimum Gasteiger partial charge on any atom is -0.328 e. The fourth-order valence-electron chi connectivity index (χ4n) is 3.41. The van der Waals surface area contributed by atoms with E-state index in [1.807, 2.05) is 29.8 Å². The van der Waals surface area contributed by atoms with Crippen molar-refractivity contribution in [2.75, 3.05) is 18.4 Å². The van der Waals surface area contributed by atoms with E-state index in [4.69, 9.17) is 0 Å². The molecule has 0 aromatic carbocycles. The second-order valence-corrected chi connectivity index (χ2v) is 7.87. The Labute approximate surface area is 168 Å². The maximum Gasteiger partial charge on any atom is 0.272 e. The summed E-state index contributed by atoms with van der Waals surface area (Å²) < 4.78 is 32.4. The molecule has 0 amide bonds. The number of fused-ring (bicyclic) bond motifs is 1. The van der Waals surface area contributed by atoms with E-state index in [0.29, 0.717) is 18.0 Å². The highest BCUT2D eigenvalue weighted by atomic mass is 32.1. The number of nitrogens with zero attached hydrogens (tertiary/aromatic N) is 6. The van der Waals surface area contributed by atoms with Crippen LogP contribution in [0.5, 0.6) is 0 Å². The highest BCUT2D eigenvalue weighted by molar-refractivity contribution is 7.10. The van der Waals surface area contributed by atoms with Crippen molar-refractivity contribution in [1.82, 2.24) is 33.8 Å². The van der Waals surface area contributed by atoms with Crippen molar-refractivity contribution in [3.05, 3.63) is 42.2 Å². The van der Waals surface area contributed by atoms with Crippen molar-refractivity contribution in [3.63, 3.8) is 0 Å². The highest BCUT2D eigenvalue weighted by Gasteiger charge is 2.43. The standard InChI is InChI=1S/C18H18F2N8S/c1-2-12-8-28-14(11-4-22-23-5-11)6-21-17(28)16(24-12)25-15-3-13(26-29-15)7-27-9-18(19,20)10-27/h3-6,8H,2,7,9-10H2,1H3,(H,22,23)(H,24,25). The number of aromatic amines is 1. The number of hydrogen-bond donors (Lipinski definition) is 2.